The third-order valence-corrected chi connectivity index (χ3v) is 11.5. The maximum Gasteiger partial charge on any atom is 0.223 e. The molecule has 0 saturated carbocycles. The Balaban J connectivity index is 0.966. The first kappa shape index (κ1) is 30.3. The summed E-state index contributed by atoms with van der Waals surface area (Å²) < 4.78 is 15.6. The summed E-state index contributed by atoms with van der Waals surface area (Å²) >= 11 is 0. The van der Waals surface area contributed by atoms with E-state index in [2.05, 4.69) is 162 Å². The van der Waals surface area contributed by atoms with Gasteiger partial charge in [0.2, 0.25) is 5.89 Å². The van der Waals surface area contributed by atoms with Gasteiger partial charge in [0.15, 0.2) is 5.58 Å². The summed E-state index contributed by atoms with van der Waals surface area (Å²) in [4.78, 5) is 5.09. The molecule has 8 aromatic carbocycles. The third-order valence-electron chi connectivity index (χ3n) is 11.5. The average molecular weight is 705 g/mol. The highest BCUT2D eigenvalue weighted by Crippen LogP contribution is 2.42. The molecule has 11 aromatic rings. The van der Waals surface area contributed by atoms with Crippen LogP contribution in [0.1, 0.15) is 23.6 Å². The van der Waals surface area contributed by atoms with Crippen molar-refractivity contribution in [3.05, 3.63) is 181 Å². The van der Waals surface area contributed by atoms with Crippen molar-refractivity contribution in [2.45, 2.75) is 12.8 Å². The number of hydrogen-bond acceptors (Lipinski definition) is 3. The van der Waals surface area contributed by atoms with Gasteiger partial charge in [0.05, 0.1) is 10.9 Å². The Morgan fingerprint density at radius 2 is 1.24 bits per heavy atom. The van der Waals surface area contributed by atoms with E-state index in [1.54, 1.807) is 0 Å². The molecule has 4 nitrogen and oxygen atoms in total. The number of nitrogens with zero attached hydrogens (tertiary/aromatic N) is 2. The zero-order chi connectivity index (χ0) is 36.0. The van der Waals surface area contributed by atoms with Gasteiger partial charge in [-0.15, -0.1) is 0 Å². The number of fused-ring (bicyclic) bond motifs is 11. The number of rotatable bonds is 4. The summed E-state index contributed by atoms with van der Waals surface area (Å²) in [5.41, 5.74) is 14.0. The largest absolute Gasteiger partial charge is 0.456 e. The first-order chi connectivity index (χ1) is 27.2. The summed E-state index contributed by atoms with van der Waals surface area (Å²) in [6.07, 6.45) is 4.00. The Hall–Kier alpha value is -7.17. The lowest BCUT2D eigenvalue weighted by atomic mass is 9.95. The number of hydrogen-bond donors (Lipinski definition) is 0. The molecule has 12 rings (SSSR count). The van der Waals surface area contributed by atoms with E-state index in [4.69, 9.17) is 13.8 Å². The lowest BCUT2D eigenvalue weighted by Crippen LogP contribution is -2.05. The second-order valence-corrected chi connectivity index (χ2v) is 14.6. The van der Waals surface area contributed by atoms with E-state index < -0.39 is 0 Å². The molecule has 0 bridgehead atoms. The van der Waals surface area contributed by atoms with Crippen LogP contribution < -0.4 is 0 Å². The van der Waals surface area contributed by atoms with Crippen molar-refractivity contribution in [1.82, 2.24) is 9.55 Å². The van der Waals surface area contributed by atoms with Crippen LogP contribution in [-0.4, -0.2) is 9.55 Å². The van der Waals surface area contributed by atoms with E-state index in [9.17, 15) is 0 Å². The SMILES string of the molecule is C1=C(c2nc3ccc4oc5ccc(-c6ccc7c(ccc8ccccc87)c6)cc5c4c3o2)CCc2c1c1ccccc1n2-c1cccc(-c2ccccc2)c1. The molecule has 1 aliphatic carbocycles. The van der Waals surface area contributed by atoms with Crippen molar-refractivity contribution in [3.63, 3.8) is 0 Å². The smallest absolute Gasteiger partial charge is 0.223 e. The fourth-order valence-corrected chi connectivity index (χ4v) is 8.90. The molecule has 3 heterocycles. The van der Waals surface area contributed by atoms with E-state index in [0.717, 1.165) is 57.0 Å². The minimum atomic E-state index is 0.670. The number of aromatic nitrogens is 2. The number of allylic oxidation sites excluding steroid dienone is 1. The Bertz CT molecular complexity index is 3380. The molecule has 1 aliphatic rings. The van der Waals surface area contributed by atoms with Gasteiger partial charge in [-0.25, -0.2) is 4.98 Å². The molecule has 0 radical (unpaired) electrons. The summed E-state index contributed by atoms with van der Waals surface area (Å²) in [6, 6.07) is 58.4. The highest BCUT2D eigenvalue weighted by Gasteiger charge is 2.25. The van der Waals surface area contributed by atoms with E-state index in [1.807, 2.05) is 12.1 Å². The van der Waals surface area contributed by atoms with Gasteiger partial charge in [0, 0.05) is 33.3 Å². The van der Waals surface area contributed by atoms with Crippen molar-refractivity contribution in [1.29, 1.82) is 0 Å². The van der Waals surface area contributed by atoms with Crippen LogP contribution in [0.2, 0.25) is 0 Å². The van der Waals surface area contributed by atoms with Crippen LogP contribution in [0.15, 0.2) is 173 Å². The summed E-state index contributed by atoms with van der Waals surface area (Å²) in [7, 11) is 0. The maximum absolute atomic E-state index is 6.77. The minimum Gasteiger partial charge on any atom is -0.456 e. The van der Waals surface area contributed by atoms with E-state index in [1.165, 1.54) is 66.1 Å². The van der Waals surface area contributed by atoms with Crippen LogP contribution in [0, 0.1) is 0 Å². The van der Waals surface area contributed by atoms with E-state index >= 15 is 0 Å². The molecule has 0 fully saturated rings. The van der Waals surface area contributed by atoms with Crippen molar-refractivity contribution < 1.29 is 8.83 Å². The fourth-order valence-electron chi connectivity index (χ4n) is 8.90. The Labute approximate surface area is 316 Å². The molecule has 0 spiro atoms. The zero-order valence-electron chi connectivity index (χ0n) is 29.8. The lowest BCUT2D eigenvalue weighted by Gasteiger charge is -2.16. The van der Waals surface area contributed by atoms with Crippen LogP contribution in [0.3, 0.4) is 0 Å². The lowest BCUT2D eigenvalue weighted by molar-refractivity contribution is 0.582. The van der Waals surface area contributed by atoms with Gasteiger partial charge in [-0.05, 0) is 111 Å². The normalized spacial score (nSPS) is 13.1. The third kappa shape index (κ3) is 4.68. The van der Waals surface area contributed by atoms with Gasteiger partial charge in [-0.2, -0.15) is 0 Å². The van der Waals surface area contributed by atoms with E-state index in [-0.39, 0.29) is 0 Å². The predicted molar refractivity (Wildman–Crippen MR) is 227 cm³/mol. The second kappa shape index (κ2) is 11.7. The standard InChI is InChI=1S/C51H32N2O2/c1-2-9-31(10-3-1)33-12-8-13-38(28-33)53-45-16-7-6-15-41(45)42-30-37(20-24-46(42)53)51-52-44-23-26-48-49(50(44)55-51)43-29-35(21-25-47(43)54-48)34-19-22-40-36(27-34)18-17-32-11-4-5-14-39(32)40/h1-19,21-23,25-30H,20,24H2. The molecule has 0 N–H and O–H groups in total. The molecular formula is C51H32N2O2. The van der Waals surface area contributed by atoms with Crippen molar-refractivity contribution in [2.24, 2.45) is 0 Å². The van der Waals surface area contributed by atoms with Gasteiger partial charge in [0.1, 0.15) is 16.7 Å². The number of furan rings is 1. The number of oxazole rings is 1. The summed E-state index contributed by atoms with van der Waals surface area (Å²) in [5.74, 6) is 0.670. The number of para-hydroxylation sites is 1. The van der Waals surface area contributed by atoms with Crippen molar-refractivity contribution in [3.8, 4) is 27.9 Å². The monoisotopic (exact) mass is 704 g/mol. The Morgan fingerprint density at radius 1 is 0.491 bits per heavy atom. The highest BCUT2D eigenvalue weighted by atomic mass is 16.4. The average Bonchev–Trinajstić information content (AvgIpc) is 3.95. The fraction of sp³-hybridized carbons (Fsp3) is 0.0392. The van der Waals surface area contributed by atoms with Crippen molar-refractivity contribution in [2.75, 3.05) is 0 Å². The van der Waals surface area contributed by atoms with Crippen molar-refractivity contribution >= 4 is 77.1 Å². The highest BCUT2D eigenvalue weighted by molar-refractivity contribution is 6.17. The molecule has 0 amide bonds. The van der Waals surface area contributed by atoms with Gasteiger partial charge in [-0.3, -0.25) is 0 Å². The summed E-state index contributed by atoms with van der Waals surface area (Å²) in [6.45, 7) is 0. The molecule has 0 atom stereocenters. The Morgan fingerprint density at radius 3 is 2.18 bits per heavy atom. The zero-order valence-corrected chi connectivity index (χ0v) is 29.8. The Kier molecular flexibility index (Phi) is 6.43. The predicted octanol–water partition coefficient (Wildman–Crippen LogP) is 13.8. The van der Waals surface area contributed by atoms with Crippen LogP contribution in [0.4, 0.5) is 0 Å². The van der Waals surface area contributed by atoms with Crippen LogP contribution >= 0.6 is 0 Å². The molecule has 4 heteroatoms. The first-order valence-electron chi connectivity index (χ1n) is 18.9. The van der Waals surface area contributed by atoms with E-state index in [0.29, 0.717) is 5.89 Å². The summed E-state index contributed by atoms with van der Waals surface area (Å²) in [5, 5.41) is 8.24. The van der Waals surface area contributed by atoms with Gasteiger partial charge >= 0.3 is 0 Å². The van der Waals surface area contributed by atoms with Gasteiger partial charge in [0.25, 0.3) is 0 Å². The molecule has 0 aliphatic heterocycles. The molecule has 55 heavy (non-hydrogen) atoms. The molecule has 0 unspecified atom stereocenters. The van der Waals surface area contributed by atoms with Crippen LogP contribution in [0.25, 0.3) is 105 Å². The molecular weight excluding hydrogens is 673 g/mol. The number of benzene rings is 8. The molecule has 3 aromatic heterocycles. The molecule has 258 valence electrons. The first-order valence-corrected chi connectivity index (χ1v) is 18.9. The van der Waals surface area contributed by atoms with Gasteiger partial charge < -0.3 is 13.4 Å². The van der Waals surface area contributed by atoms with Crippen LogP contribution in [0.5, 0.6) is 0 Å². The second-order valence-electron chi connectivity index (χ2n) is 14.6. The van der Waals surface area contributed by atoms with Crippen LogP contribution in [-0.2, 0) is 6.42 Å². The molecule has 0 saturated heterocycles. The van der Waals surface area contributed by atoms with Gasteiger partial charge in [-0.1, -0.05) is 115 Å². The topological polar surface area (TPSA) is 44.1 Å². The maximum atomic E-state index is 6.77. The quantitative estimate of drug-likeness (QED) is 0.171. The minimum absolute atomic E-state index is 0.670.